The van der Waals surface area contributed by atoms with Gasteiger partial charge in [0.15, 0.2) is 0 Å². The molecule has 0 aliphatic carbocycles. The molecule has 0 nitrogen and oxygen atoms in total. The Morgan fingerprint density at radius 1 is 0.103 bits per heavy atom. The van der Waals surface area contributed by atoms with Crippen LogP contribution >= 0.6 is 0 Å². The Morgan fingerprint density at radius 3 is 0.632 bits per heavy atom. The van der Waals surface area contributed by atoms with Crippen molar-refractivity contribution in [1.82, 2.24) is 0 Å². The lowest BCUT2D eigenvalue weighted by Crippen LogP contribution is -1.84. The minimum absolute atomic E-state index is 1.30. The van der Waals surface area contributed by atoms with Gasteiger partial charge in [-0.2, -0.15) is 0 Å². The molecular formula is C117H130. The van der Waals surface area contributed by atoms with Crippen molar-refractivity contribution in [3.8, 4) is 44.5 Å². The average Bonchev–Trinajstić information content (AvgIpc) is 0.843. The second kappa shape index (κ2) is 43.3. The van der Waals surface area contributed by atoms with Crippen LogP contribution in [0.4, 0.5) is 0 Å². The molecule has 0 bridgehead atoms. The van der Waals surface area contributed by atoms with Gasteiger partial charge in [0.25, 0.3) is 0 Å². The summed E-state index contributed by atoms with van der Waals surface area (Å²) in [6, 6.07) is 108. The fourth-order valence-corrected chi connectivity index (χ4v) is 14.6. The Balaban J connectivity index is 0.000000165. The molecule has 16 aromatic carbocycles. The molecule has 0 amide bonds. The summed E-state index contributed by atoms with van der Waals surface area (Å²) in [5, 5.41) is 8.11. The van der Waals surface area contributed by atoms with E-state index in [1.807, 2.05) is 0 Å². The number of aryl methyl sites for hydroxylation is 27. The van der Waals surface area contributed by atoms with Crippen molar-refractivity contribution in [3.05, 3.63) is 447 Å². The van der Waals surface area contributed by atoms with Crippen molar-refractivity contribution >= 4 is 32.3 Å². The number of hydrogen-bond acceptors (Lipinski definition) is 0. The zero-order valence-electron chi connectivity index (χ0n) is 75.8. The molecule has 0 aliphatic rings. The van der Waals surface area contributed by atoms with Crippen LogP contribution in [0.2, 0.25) is 0 Å². The topological polar surface area (TPSA) is 0 Å². The zero-order chi connectivity index (χ0) is 85.3. The first kappa shape index (κ1) is 90.8. The summed E-state index contributed by atoms with van der Waals surface area (Å²) in [6.45, 7) is 57.8. The van der Waals surface area contributed by atoms with E-state index in [-0.39, 0.29) is 0 Å². The van der Waals surface area contributed by atoms with Gasteiger partial charge in [0, 0.05) is 0 Å². The highest BCUT2D eigenvalue weighted by atomic mass is 14.1. The van der Waals surface area contributed by atoms with Crippen LogP contribution in [0.25, 0.3) is 76.8 Å². The smallest absolute Gasteiger partial charge is 0.0152 e. The Morgan fingerprint density at radius 2 is 0.325 bits per heavy atom. The van der Waals surface area contributed by atoms with Crippen molar-refractivity contribution in [1.29, 1.82) is 0 Å². The highest BCUT2D eigenvalue weighted by Gasteiger charge is 2.07. The fourth-order valence-electron chi connectivity index (χ4n) is 14.6. The molecule has 0 radical (unpaired) electrons. The summed E-state index contributed by atoms with van der Waals surface area (Å²) in [4.78, 5) is 0. The molecule has 0 unspecified atom stereocenters. The highest BCUT2D eigenvalue weighted by Crippen LogP contribution is 2.30. The van der Waals surface area contributed by atoms with E-state index in [4.69, 9.17) is 0 Å². The van der Waals surface area contributed by atoms with Gasteiger partial charge in [-0.15, -0.1) is 0 Å². The van der Waals surface area contributed by atoms with E-state index in [2.05, 4.69) is 484 Å². The van der Waals surface area contributed by atoms with Gasteiger partial charge in [-0.1, -0.05) is 386 Å². The maximum Gasteiger partial charge on any atom is -0.0152 e. The third kappa shape index (κ3) is 28.6. The lowest BCUT2D eigenvalue weighted by atomic mass is 9.98. The molecule has 0 atom stereocenters. The molecule has 16 rings (SSSR count). The van der Waals surface area contributed by atoms with Crippen LogP contribution in [0.15, 0.2) is 297 Å². The Hall–Kier alpha value is -11.7. The molecule has 0 heterocycles. The van der Waals surface area contributed by atoms with Crippen LogP contribution < -0.4 is 0 Å². The van der Waals surface area contributed by atoms with Crippen LogP contribution in [0.1, 0.15) is 150 Å². The lowest BCUT2D eigenvalue weighted by Gasteiger charge is -2.07. The monoisotopic (exact) mass is 1540 g/mol. The maximum atomic E-state index is 2.26. The molecule has 0 N–H and O–H groups in total. The second-order valence-corrected chi connectivity index (χ2v) is 33.4. The van der Waals surface area contributed by atoms with Crippen molar-refractivity contribution in [2.24, 2.45) is 0 Å². The number of rotatable bonds is 4. The first-order valence-corrected chi connectivity index (χ1v) is 41.6. The number of benzene rings is 16. The summed E-state index contributed by atoms with van der Waals surface area (Å²) in [5.41, 5.74) is 46.8. The minimum Gasteiger partial charge on any atom is -0.0587 e. The van der Waals surface area contributed by atoms with E-state index in [1.165, 1.54) is 227 Å². The zero-order valence-corrected chi connectivity index (χ0v) is 75.8. The van der Waals surface area contributed by atoms with E-state index in [0.29, 0.717) is 0 Å². The summed E-state index contributed by atoms with van der Waals surface area (Å²) in [6.07, 6.45) is 0. The summed E-state index contributed by atoms with van der Waals surface area (Å²) in [7, 11) is 0. The van der Waals surface area contributed by atoms with Gasteiger partial charge in [0.1, 0.15) is 0 Å². The fraction of sp³-hybridized carbons (Fsp3) is 0.231. The molecule has 0 saturated carbocycles. The van der Waals surface area contributed by atoms with Gasteiger partial charge in [-0.25, -0.2) is 0 Å². The Bertz CT molecular complexity index is 5520. The third-order valence-electron chi connectivity index (χ3n) is 21.7. The van der Waals surface area contributed by atoms with Crippen LogP contribution in [0.3, 0.4) is 0 Å². The molecule has 0 spiro atoms. The van der Waals surface area contributed by atoms with Gasteiger partial charge < -0.3 is 0 Å². The van der Waals surface area contributed by atoms with E-state index in [1.54, 1.807) is 0 Å². The van der Waals surface area contributed by atoms with Crippen LogP contribution in [-0.4, -0.2) is 0 Å². The first-order chi connectivity index (χ1) is 55.5. The van der Waals surface area contributed by atoms with E-state index in [0.717, 1.165) is 0 Å². The van der Waals surface area contributed by atoms with Gasteiger partial charge in [-0.05, 0) is 325 Å². The van der Waals surface area contributed by atoms with Gasteiger partial charge in [0.2, 0.25) is 0 Å². The van der Waals surface area contributed by atoms with Gasteiger partial charge >= 0.3 is 0 Å². The predicted molar refractivity (Wildman–Crippen MR) is 520 cm³/mol. The standard InChI is InChI=1S/4C15H16.3C13H14.2C9H12/c2*1-11-4-7-14(8-5-11)15-9-6-12(2)13(3)10-15;2*1-11-4-7-14(8-5-11)15-9-6-12(2)10-13(15)3;1-9-4-5-12-7-10(2)6-11(3)13(12)8-9;2*1-9-4-5-12-7-10(2)11(3)8-13(12)6-9;2*1-7-4-8(2)6-9(3)5-7/h4*4-10H,1-3H3;3*4-8H,1-3H3;2*4-6H,1-3H3. The van der Waals surface area contributed by atoms with Gasteiger partial charge in [0.05, 0.1) is 0 Å². The van der Waals surface area contributed by atoms with Crippen LogP contribution in [0, 0.1) is 187 Å². The lowest BCUT2D eigenvalue weighted by molar-refractivity contribution is 1.32. The molecule has 0 fully saturated rings. The maximum absolute atomic E-state index is 2.26. The van der Waals surface area contributed by atoms with E-state index in [9.17, 15) is 0 Å². The highest BCUT2D eigenvalue weighted by molar-refractivity contribution is 5.88. The first-order valence-electron chi connectivity index (χ1n) is 41.6. The quantitative estimate of drug-likeness (QED) is 0.165. The third-order valence-corrected chi connectivity index (χ3v) is 21.7. The van der Waals surface area contributed by atoms with Gasteiger partial charge in [-0.3, -0.25) is 0 Å². The number of fused-ring (bicyclic) bond motifs is 3. The molecule has 0 saturated heterocycles. The van der Waals surface area contributed by atoms with Crippen LogP contribution in [0.5, 0.6) is 0 Å². The van der Waals surface area contributed by atoms with Crippen molar-refractivity contribution in [2.45, 2.75) is 187 Å². The van der Waals surface area contributed by atoms with Crippen LogP contribution in [-0.2, 0) is 0 Å². The molecule has 0 heteroatoms. The Labute approximate surface area is 706 Å². The average molecular weight is 1540 g/mol. The minimum atomic E-state index is 1.30. The van der Waals surface area contributed by atoms with E-state index < -0.39 is 0 Å². The summed E-state index contributed by atoms with van der Waals surface area (Å²) < 4.78 is 0. The molecule has 117 heavy (non-hydrogen) atoms. The molecule has 0 aromatic heterocycles. The molecule has 598 valence electrons. The second-order valence-electron chi connectivity index (χ2n) is 33.4. The largest absolute Gasteiger partial charge is 0.0587 e. The van der Waals surface area contributed by atoms with Crippen molar-refractivity contribution in [3.63, 3.8) is 0 Å². The Kier molecular flexibility index (Phi) is 33.6. The van der Waals surface area contributed by atoms with Crippen molar-refractivity contribution < 1.29 is 0 Å². The molecule has 16 aromatic rings. The van der Waals surface area contributed by atoms with Crippen molar-refractivity contribution in [2.75, 3.05) is 0 Å². The molecular weight excluding hydrogens is 1410 g/mol. The normalized spacial score (nSPS) is 10.4. The SMILES string of the molecule is Cc1cc(C)c2cc(C)ccc2c1.Cc1cc(C)cc(C)c1.Cc1cc(C)cc(C)c1.Cc1ccc(-c2ccc(C)c(C)c2)cc1.Cc1ccc(-c2ccc(C)c(C)c2)cc1.Cc1ccc(-c2ccc(C)cc2C)cc1.Cc1ccc(-c2ccc(C)cc2C)cc1.Cc1ccc2cc(C)c(C)cc2c1.Cc1ccc2cc(C)c(C)cc2c1. The summed E-state index contributed by atoms with van der Waals surface area (Å²) >= 11 is 0. The number of hydrogen-bond donors (Lipinski definition) is 0. The summed E-state index contributed by atoms with van der Waals surface area (Å²) in [5.74, 6) is 0. The van der Waals surface area contributed by atoms with E-state index >= 15 is 0 Å². The molecule has 0 aliphatic heterocycles. The predicted octanol–water partition coefficient (Wildman–Crippen LogP) is 33.6.